The highest BCUT2D eigenvalue weighted by atomic mass is 35.5. The van der Waals surface area contributed by atoms with Crippen LogP contribution in [-0.2, 0) is 9.53 Å². The number of ether oxygens (including phenoxy) is 3. The van der Waals surface area contributed by atoms with E-state index in [0.717, 1.165) is 12.0 Å². The number of rotatable bonds is 7. The van der Waals surface area contributed by atoms with Gasteiger partial charge in [-0.05, 0) is 55.3 Å². The molecule has 6 rings (SSSR count). The van der Waals surface area contributed by atoms with E-state index in [1.165, 1.54) is 11.3 Å². The maximum absolute atomic E-state index is 13.9. The van der Waals surface area contributed by atoms with Crippen molar-refractivity contribution in [3.63, 3.8) is 0 Å². The predicted octanol–water partition coefficient (Wildman–Crippen LogP) is 5.22. The van der Waals surface area contributed by atoms with Crippen molar-refractivity contribution in [3.05, 3.63) is 102 Å². The molecule has 0 fully saturated rings. The lowest BCUT2D eigenvalue weighted by Crippen LogP contribution is -2.40. The van der Waals surface area contributed by atoms with Crippen molar-refractivity contribution >= 4 is 35.0 Å². The molecule has 10 heteroatoms. The van der Waals surface area contributed by atoms with Gasteiger partial charge in [0.2, 0.25) is 6.79 Å². The Kier molecular flexibility index (Phi) is 7.08. The molecule has 1 atom stereocenters. The van der Waals surface area contributed by atoms with Gasteiger partial charge in [0.1, 0.15) is 11.5 Å². The molecule has 4 aromatic rings. The van der Waals surface area contributed by atoms with E-state index in [0.29, 0.717) is 60.6 Å². The fourth-order valence-electron chi connectivity index (χ4n) is 4.88. The molecule has 0 spiro atoms. The van der Waals surface area contributed by atoms with Gasteiger partial charge in [-0.2, -0.15) is 0 Å². The van der Waals surface area contributed by atoms with Crippen LogP contribution in [0.15, 0.2) is 80.1 Å². The number of aromatic nitrogens is 1. The third kappa shape index (κ3) is 4.76. The largest absolute Gasteiger partial charge is 0.463 e. The molecule has 2 aromatic carbocycles. The molecule has 0 saturated heterocycles. The molecule has 0 N–H and O–H groups in total. The van der Waals surface area contributed by atoms with Crippen molar-refractivity contribution in [2.24, 2.45) is 4.99 Å². The summed E-state index contributed by atoms with van der Waals surface area (Å²) in [7, 11) is 0. The Morgan fingerprint density at radius 3 is 2.80 bits per heavy atom. The topological polar surface area (TPSA) is 92.3 Å². The zero-order valence-electron chi connectivity index (χ0n) is 21.8. The Morgan fingerprint density at radius 1 is 1.15 bits per heavy atom. The smallest absolute Gasteiger partial charge is 0.338 e. The molecular formula is C30H25ClN2O6S. The normalized spacial score (nSPS) is 16.2. The number of halogens is 1. The fraction of sp³-hybridized carbons (Fsp3) is 0.233. The molecule has 1 unspecified atom stereocenters. The average Bonchev–Trinajstić information content (AvgIpc) is 3.68. The SMILES string of the molecule is CCCC1=C(C(=O)OCC)C(c2ccc3c(c2)OCO3)n2c(s/c(=C\c3ccc(-c4cccc(Cl)c4)o3)c2=O)=N1. The highest BCUT2D eigenvalue weighted by Crippen LogP contribution is 2.39. The summed E-state index contributed by atoms with van der Waals surface area (Å²) in [6.45, 7) is 4.09. The molecule has 4 heterocycles. The van der Waals surface area contributed by atoms with Crippen LogP contribution in [0.3, 0.4) is 0 Å². The standard InChI is InChI=1S/C30H25ClN2O6S/c1-3-6-21-26(29(35)36-4-2)27(18-9-11-23-24(14-18)38-16-37-23)33-28(34)25(40-30(33)32-21)15-20-10-12-22(39-20)17-7-5-8-19(31)13-17/h5,7-15,27H,3-4,6,16H2,1-2H3/b25-15-. The summed E-state index contributed by atoms with van der Waals surface area (Å²) < 4.78 is 24.6. The van der Waals surface area contributed by atoms with E-state index in [2.05, 4.69) is 0 Å². The average molecular weight is 577 g/mol. The van der Waals surface area contributed by atoms with Crippen LogP contribution in [0.1, 0.15) is 44.1 Å². The van der Waals surface area contributed by atoms with Crippen LogP contribution in [0.5, 0.6) is 11.5 Å². The first-order valence-electron chi connectivity index (χ1n) is 12.9. The number of esters is 1. The Balaban J connectivity index is 1.51. The highest BCUT2D eigenvalue weighted by Gasteiger charge is 2.35. The molecule has 2 aliphatic heterocycles. The lowest BCUT2D eigenvalue weighted by atomic mass is 9.94. The molecule has 0 amide bonds. The van der Waals surface area contributed by atoms with E-state index < -0.39 is 12.0 Å². The van der Waals surface area contributed by atoms with Crippen LogP contribution >= 0.6 is 22.9 Å². The number of carbonyl (C=O) groups is 1. The van der Waals surface area contributed by atoms with Crippen molar-refractivity contribution in [2.75, 3.05) is 13.4 Å². The molecule has 0 bridgehead atoms. The number of nitrogens with zero attached hydrogens (tertiary/aromatic N) is 2. The number of benzene rings is 2. The summed E-state index contributed by atoms with van der Waals surface area (Å²) in [6, 6.07) is 15.7. The summed E-state index contributed by atoms with van der Waals surface area (Å²) in [5.74, 6) is 1.82. The Labute approximate surface area is 238 Å². The zero-order chi connectivity index (χ0) is 27.8. The van der Waals surface area contributed by atoms with Crippen LogP contribution in [0.2, 0.25) is 5.02 Å². The van der Waals surface area contributed by atoms with Crippen molar-refractivity contribution in [2.45, 2.75) is 32.7 Å². The van der Waals surface area contributed by atoms with Gasteiger partial charge in [-0.25, -0.2) is 9.79 Å². The van der Waals surface area contributed by atoms with Gasteiger partial charge in [-0.1, -0.05) is 54.5 Å². The molecule has 2 aromatic heterocycles. The summed E-state index contributed by atoms with van der Waals surface area (Å²) in [5, 5.41) is 0.604. The van der Waals surface area contributed by atoms with Crippen LogP contribution < -0.4 is 24.4 Å². The number of hydrogen-bond donors (Lipinski definition) is 0. The van der Waals surface area contributed by atoms with Gasteiger partial charge in [0, 0.05) is 16.7 Å². The second kappa shape index (κ2) is 10.8. The Morgan fingerprint density at radius 2 is 2.00 bits per heavy atom. The maximum atomic E-state index is 13.9. The molecular weight excluding hydrogens is 552 g/mol. The molecule has 204 valence electrons. The van der Waals surface area contributed by atoms with Crippen LogP contribution in [0, 0.1) is 0 Å². The second-order valence-electron chi connectivity index (χ2n) is 9.24. The Hall–Kier alpha value is -4.08. The van der Waals surface area contributed by atoms with Gasteiger partial charge >= 0.3 is 5.97 Å². The molecule has 0 saturated carbocycles. The second-order valence-corrected chi connectivity index (χ2v) is 10.7. The number of furan rings is 1. The molecule has 0 radical (unpaired) electrons. The first-order valence-corrected chi connectivity index (χ1v) is 14.1. The van der Waals surface area contributed by atoms with Crippen molar-refractivity contribution in [1.29, 1.82) is 0 Å². The van der Waals surface area contributed by atoms with E-state index in [4.69, 9.17) is 35.2 Å². The van der Waals surface area contributed by atoms with E-state index >= 15 is 0 Å². The summed E-state index contributed by atoms with van der Waals surface area (Å²) in [5.41, 5.74) is 2.20. The minimum absolute atomic E-state index is 0.115. The van der Waals surface area contributed by atoms with Gasteiger partial charge in [-0.15, -0.1) is 0 Å². The highest BCUT2D eigenvalue weighted by molar-refractivity contribution is 7.07. The fourth-order valence-corrected chi connectivity index (χ4v) is 6.07. The first kappa shape index (κ1) is 26.2. The zero-order valence-corrected chi connectivity index (χ0v) is 23.4. The lowest BCUT2D eigenvalue weighted by molar-refractivity contribution is -0.139. The van der Waals surface area contributed by atoms with Crippen molar-refractivity contribution in [1.82, 2.24) is 4.57 Å². The lowest BCUT2D eigenvalue weighted by Gasteiger charge is -2.25. The van der Waals surface area contributed by atoms with E-state index in [9.17, 15) is 9.59 Å². The monoisotopic (exact) mass is 576 g/mol. The molecule has 0 aliphatic carbocycles. The summed E-state index contributed by atoms with van der Waals surface area (Å²) in [4.78, 5) is 32.6. The first-order chi connectivity index (χ1) is 19.5. The molecule has 8 nitrogen and oxygen atoms in total. The van der Waals surface area contributed by atoms with Crippen molar-refractivity contribution in [3.8, 4) is 22.8 Å². The van der Waals surface area contributed by atoms with E-state index in [1.807, 2.05) is 43.3 Å². The van der Waals surface area contributed by atoms with Crippen LogP contribution in [-0.4, -0.2) is 23.9 Å². The van der Waals surface area contributed by atoms with Gasteiger partial charge < -0.3 is 18.6 Å². The number of hydrogen-bond acceptors (Lipinski definition) is 8. The predicted molar refractivity (Wildman–Crippen MR) is 151 cm³/mol. The van der Waals surface area contributed by atoms with Gasteiger partial charge in [0.25, 0.3) is 5.56 Å². The quantitative estimate of drug-likeness (QED) is 0.280. The third-order valence-electron chi connectivity index (χ3n) is 6.61. The summed E-state index contributed by atoms with van der Waals surface area (Å²) >= 11 is 7.39. The van der Waals surface area contributed by atoms with Gasteiger partial charge in [0.05, 0.1) is 28.5 Å². The maximum Gasteiger partial charge on any atom is 0.338 e. The van der Waals surface area contributed by atoms with Gasteiger partial charge in [-0.3, -0.25) is 9.36 Å². The number of carbonyl (C=O) groups excluding carboxylic acids is 1. The number of allylic oxidation sites excluding steroid dienone is 1. The minimum Gasteiger partial charge on any atom is -0.463 e. The number of fused-ring (bicyclic) bond motifs is 2. The minimum atomic E-state index is -0.743. The van der Waals surface area contributed by atoms with Crippen LogP contribution in [0.25, 0.3) is 17.4 Å². The molecule has 40 heavy (non-hydrogen) atoms. The van der Waals surface area contributed by atoms with Crippen molar-refractivity contribution < 1.29 is 23.4 Å². The van der Waals surface area contributed by atoms with E-state index in [-0.39, 0.29) is 19.0 Å². The van der Waals surface area contributed by atoms with Gasteiger partial charge in [0.15, 0.2) is 16.3 Å². The molecule has 2 aliphatic rings. The van der Waals surface area contributed by atoms with Crippen LogP contribution in [0.4, 0.5) is 0 Å². The third-order valence-corrected chi connectivity index (χ3v) is 7.83. The Bertz CT molecular complexity index is 1830. The number of thiazole rings is 1. The van der Waals surface area contributed by atoms with E-state index in [1.54, 1.807) is 35.8 Å². The summed E-state index contributed by atoms with van der Waals surface area (Å²) in [6.07, 6.45) is 3.02.